The van der Waals surface area contributed by atoms with Gasteiger partial charge in [-0.1, -0.05) is 18.6 Å². The topological polar surface area (TPSA) is 73.4 Å². The Morgan fingerprint density at radius 3 is 2.78 bits per heavy atom. The second-order valence-corrected chi connectivity index (χ2v) is 13.7. The third kappa shape index (κ3) is 3.21. The van der Waals surface area contributed by atoms with Crippen molar-refractivity contribution in [3.63, 3.8) is 0 Å². The first-order valence-corrected chi connectivity index (χ1v) is 14.1. The number of fused-ring (bicyclic) bond motifs is 4. The first-order valence-electron chi connectivity index (χ1n) is 12.9. The van der Waals surface area contributed by atoms with E-state index in [1.807, 2.05) is 11.4 Å². The fraction of sp³-hybridized carbons (Fsp3) is 0.885. The maximum Gasteiger partial charge on any atom is 0.113 e. The third-order valence-corrected chi connectivity index (χ3v) is 12.6. The van der Waals surface area contributed by atoms with Crippen LogP contribution in [0.3, 0.4) is 0 Å². The van der Waals surface area contributed by atoms with Gasteiger partial charge in [-0.3, -0.25) is 0 Å². The summed E-state index contributed by atoms with van der Waals surface area (Å²) in [4.78, 5) is 2.65. The zero-order valence-electron chi connectivity index (χ0n) is 20.4. The molecule has 1 aliphatic heterocycles. The van der Waals surface area contributed by atoms with Crippen molar-refractivity contribution in [3.8, 4) is 6.07 Å². The molecule has 178 valence electrons. The van der Waals surface area contributed by atoms with E-state index in [9.17, 15) is 4.21 Å². The highest BCUT2D eigenvalue weighted by Gasteiger charge is 2.64. The lowest BCUT2D eigenvalue weighted by Crippen LogP contribution is -2.53. The van der Waals surface area contributed by atoms with Crippen molar-refractivity contribution in [2.75, 3.05) is 20.6 Å². The fourth-order valence-electron chi connectivity index (χ4n) is 9.28. The van der Waals surface area contributed by atoms with Gasteiger partial charge >= 0.3 is 0 Å². The normalized spacial score (nSPS) is 47.6. The lowest BCUT2D eigenvalue weighted by Gasteiger charge is -2.58. The summed E-state index contributed by atoms with van der Waals surface area (Å²) in [6.45, 7) is 6.35. The number of nitrogens with zero attached hydrogens (tertiary/aromatic N) is 3. The summed E-state index contributed by atoms with van der Waals surface area (Å²) >= 11 is 0. The number of allylic oxidation sites excluding steroid dienone is 1. The Balaban J connectivity index is 1.34. The molecule has 10 atom stereocenters. The molecule has 1 saturated heterocycles. The first kappa shape index (κ1) is 23.0. The maximum atomic E-state index is 12.8. The average molecular weight is 459 g/mol. The highest BCUT2D eigenvalue weighted by molar-refractivity contribution is 7.83. The van der Waals surface area contributed by atoms with Gasteiger partial charge in [-0.25, -0.2) is 8.51 Å². The second-order valence-electron chi connectivity index (χ2n) is 12.0. The van der Waals surface area contributed by atoms with Gasteiger partial charge in [-0.05, 0) is 99.8 Å². The number of likely N-dealkylation sites (tertiary alicyclic amines) is 1. The van der Waals surface area contributed by atoms with E-state index in [0.29, 0.717) is 10.8 Å². The minimum atomic E-state index is -1.30. The Morgan fingerprint density at radius 1 is 1.28 bits per heavy atom. The molecule has 5 nitrogen and oxygen atoms in total. The van der Waals surface area contributed by atoms with Crippen LogP contribution < -0.4 is 5.73 Å². The molecular weight excluding hydrogens is 416 g/mol. The molecule has 1 spiro atoms. The Morgan fingerprint density at radius 2 is 2.03 bits per heavy atom. The van der Waals surface area contributed by atoms with E-state index in [0.717, 1.165) is 42.6 Å². The van der Waals surface area contributed by atoms with Crippen LogP contribution in [0.2, 0.25) is 0 Å². The van der Waals surface area contributed by atoms with Gasteiger partial charge in [0.15, 0.2) is 0 Å². The zero-order chi connectivity index (χ0) is 22.8. The van der Waals surface area contributed by atoms with Crippen molar-refractivity contribution >= 4 is 11.0 Å². The molecule has 0 bridgehead atoms. The van der Waals surface area contributed by atoms with Gasteiger partial charge < -0.3 is 10.6 Å². The van der Waals surface area contributed by atoms with Gasteiger partial charge in [-0.2, -0.15) is 5.26 Å². The molecule has 5 rings (SSSR count). The number of hydrogen-bond donors (Lipinski definition) is 1. The van der Waals surface area contributed by atoms with Crippen LogP contribution >= 0.6 is 0 Å². The van der Waals surface area contributed by atoms with Gasteiger partial charge in [0.1, 0.15) is 16.4 Å². The van der Waals surface area contributed by atoms with E-state index in [-0.39, 0.29) is 12.5 Å². The third-order valence-electron chi connectivity index (χ3n) is 11.0. The van der Waals surface area contributed by atoms with E-state index in [2.05, 4.69) is 37.9 Å². The largest absolute Gasteiger partial charge is 0.315 e. The molecule has 0 aromatic carbocycles. The van der Waals surface area contributed by atoms with Crippen molar-refractivity contribution in [1.82, 2.24) is 9.21 Å². The molecule has 2 N–H and O–H groups in total. The Bertz CT molecular complexity index is 853. The molecule has 5 aliphatic rings. The van der Waals surface area contributed by atoms with Crippen LogP contribution in [0.4, 0.5) is 0 Å². The van der Waals surface area contributed by atoms with Crippen LogP contribution in [0.5, 0.6) is 0 Å². The average Bonchev–Trinajstić information content (AvgIpc) is 3.26. The lowest BCUT2D eigenvalue weighted by molar-refractivity contribution is -0.0418. The zero-order valence-corrected chi connectivity index (χ0v) is 21.2. The van der Waals surface area contributed by atoms with E-state index < -0.39 is 16.4 Å². The molecule has 0 aromatic rings. The Labute approximate surface area is 197 Å². The monoisotopic (exact) mass is 458 g/mol. The molecule has 32 heavy (non-hydrogen) atoms. The van der Waals surface area contributed by atoms with Crippen molar-refractivity contribution in [2.45, 2.75) is 89.1 Å². The summed E-state index contributed by atoms with van der Waals surface area (Å²) in [5, 5.41) is 8.35. The number of hydrogen-bond acceptors (Lipinski definition) is 4. The smallest absolute Gasteiger partial charge is 0.113 e. The van der Waals surface area contributed by atoms with Gasteiger partial charge in [0.25, 0.3) is 0 Å². The fourth-order valence-corrected chi connectivity index (χ4v) is 10.4. The van der Waals surface area contributed by atoms with E-state index in [4.69, 9.17) is 11.0 Å². The lowest BCUT2D eigenvalue weighted by atomic mass is 9.47. The summed E-state index contributed by atoms with van der Waals surface area (Å²) in [6, 6.07) is 3.09. The number of nitriles is 1. The molecule has 6 heteroatoms. The maximum absolute atomic E-state index is 12.8. The molecule has 4 fully saturated rings. The van der Waals surface area contributed by atoms with E-state index in [1.54, 1.807) is 5.57 Å². The molecule has 0 radical (unpaired) electrons. The van der Waals surface area contributed by atoms with Crippen molar-refractivity contribution in [2.24, 2.45) is 40.2 Å². The van der Waals surface area contributed by atoms with Crippen LogP contribution in [0.1, 0.15) is 71.6 Å². The molecule has 4 aliphatic carbocycles. The Hall–Kier alpha value is -0.740. The summed E-state index contributed by atoms with van der Waals surface area (Å²) in [5.74, 6) is 3.49. The molecule has 2 unspecified atom stereocenters. The second kappa shape index (κ2) is 8.18. The van der Waals surface area contributed by atoms with Crippen molar-refractivity contribution in [3.05, 3.63) is 11.6 Å². The van der Waals surface area contributed by atoms with E-state index in [1.165, 1.54) is 45.1 Å². The number of nitrogens with two attached hydrogens (primary N) is 1. The summed E-state index contributed by atoms with van der Waals surface area (Å²) in [7, 11) is 2.99. The molecule has 0 amide bonds. The Kier molecular flexibility index (Phi) is 5.89. The van der Waals surface area contributed by atoms with Crippen LogP contribution in [0.25, 0.3) is 0 Å². The SMILES string of the molecule is C[C@H]1[C@H]2CC[C@H]3[C@@H]4CC=C5C[C@@H](N(C)S(=O)[C@H](N)CC#N)CC[C@]5(C)C4CC[C@]23CN1C. The first-order chi connectivity index (χ1) is 15.2. The highest BCUT2D eigenvalue weighted by Crippen LogP contribution is 2.68. The standard InChI is InChI=1S/C26H42N4OS/c1-17-21-7-8-23-20-6-5-18-15-19(30(4)32(31)24(28)11-14-27)9-12-25(18,2)22(20)10-13-26(21,23)16-29(17)3/h5,17,19-24H,6-13,15-16,28H2,1-4H3/t17-,19-,20+,21+,22?,23-,24-,25-,26-,32?/m0/s1. The molecular formula is C26H42N4OS. The summed E-state index contributed by atoms with van der Waals surface area (Å²) in [6.07, 6.45) is 13.0. The quantitative estimate of drug-likeness (QED) is 0.645. The molecule has 3 saturated carbocycles. The van der Waals surface area contributed by atoms with Crippen molar-refractivity contribution < 1.29 is 4.21 Å². The predicted molar refractivity (Wildman–Crippen MR) is 130 cm³/mol. The minimum absolute atomic E-state index is 0.145. The van der Waals surface area contributed by atoms with Crippen LogP contribution in [-0.2, 0) is 11.0 Å². The van der Waals surface area contributed by atoms with Gasteiger partial charge in [0.2, 0.25) is 0 Å². The van der Waals surface area contributed by atoms with Crippen LogP contribution in [-0.4, -0.2) is 51.5 Å². The predicted octanol–water partition coefficient (Wildman–Crippen LogP) is 4.04. The summed E-state index contributed by atoms with van der Waals surface area (Å²) < 4.78 is 14.8. The van der Waals surface area contributed by atoms with Crippen molar-refractivity contribution in [1.29, 1.82) is 5.26 Å². The summed E-state index contributed by atoms with van der Waals surface area (Å²) in [5.41, 5.74) is 8.53. The van der Waals surface area contributed by atoms with Crippen LogP contribution in [0.15, 0.2) is 11.6 Å². The minimum Gasteiger partial charge on any atom is -0.315 e. The highest BCUT2D eigenvalue weighted by atomic mass is 32.2. The molecule has 0 aromatic heterocycles. The van der Waals surface area contributed by atoms with E-state index >= 15 is 0 Å². The van der Waals surface area contributed by atoms with Crippen LogP contribution in [0, 0.1) is 45.8 Å². The van der Waals surface area contributed by atoms with Gasteiger partial charge in [-0.15, -0.1) is 0 Å². The number of rotatable bonds is 4. The van der Waals surface area contributed by atoms with Gasteiger partial charge in [0, 0.05) is 25.7 Å². The van der Waals surface area contributed by atoms with Gasteiger partial charge in [0.05, 0.1) is 12.5 Å². The molecule has 1 heterocycles.